The van der Waals surface area contributed by atoms with Gasteiger partial charge in [-0.25, -0.2) is 8.42 Å². The van der Waals surface area contributed by atoms with Gasteiger partial charge in [-0.15, -0.1) is 0 Å². The van der Waals surface area contributed by atoms with E-state index in [-0.39, 0.29) is 23.3 Å². The van der Waals surface area contributed by atoms with Crippen LogP contribution in [0, 0.1) is 12.8 Å². The Bertz CT molecular complexity index is 611. The van der Waals surface area contributed by atoms with Gasteiger partial charge in [-0.2, -0.15) is 0 Å². The van der Waals surface area contributed by atoms with Gasteiger partial charge in [0.05, 0.1) is 24.3 Å². The Kier molecular flexibility index (Phi) is 4.88. The average molecular weight is 311 g/mol. The van der Waals surface area contributed by atoms with Crippen LogP contribution in [0.15, 0.2) is 18.2 Å². The van der Waals surface area contributed by atoms with Gasteiger partial charge in [-0.3, -0.25) is 4.79 Å². The number of ether oxygens (including phenoxy) is 1. The molecule has 2 rings (SSSR count). The molecule has 1 aliphatic rings. The fraction of sp³-hybridized carbons (Fsp3) is 0.533. The van der Waals surface area contributed by atoms with E-state index < -0.39 is 9.84 Å². The van der Waals surface area contributed by atoms with Crippen molar-refractivity contribution in [3.63, 3.8) is 0 Å². The van der Waals surface area contributed by atoms with Gasteiger partial charge >= 0.3 is 0 Å². The minimum absolute atomic E-state index is 0.0943. The first-order chi connectivity index (χ1) is 9.89. The summed E-state index contributed by atoms with van der Waals surface area (Å²) in [6, 6.07) is 5.60. The van der Waals surface area contributed by atoms with Crippen molar-refractivity contribution in [2.75, 3.05) is 23.9 Å². The maximum absolute atomic E-state index is 12.1. The Morgan fingerprint density at radius 2 is 2.00 bits per heavy atom. The monoisotopic (exact) mass is 311 g/mol. The number of hydrogen-bond acceptors (Lipinski definition) is 4. The molecule has 0 radical (unpaired) electrons. The molecule has 0 saturated carbocycles. The second-order valence-electron chi connectivity index (χ2n) is 5.55. The molecule has 5 nitrogen and oxygen atoms in total. The summed E-state index contributed by atoms with van der Waals surface area (Å²) in [5.41, 5.74) is 1.70. The Morgan fingerprint density at radius 1 is 1.33 bits per heavy atom. The van der Waals surface area contributed by atoms with Crippen LogP contribution in [0.1, 0.15) is 24.8 Å². The van der Waals surface area contributed by atoms with Crippen molar-refractivity contribution >= 4 is 21.4 Å². The topological polar surface area (TPSA) is 72.5 Å². The van der Waals surface area contributed by atoms with Crippen molar-refractivity contribution in [3.8, 4) is 5.75 Å². The van der Waals surface area contributed by atoms with Crippen LogP contribution in [-0.2, 0) is 14.6 Å². The Hall–Kier alpha value is -1.56. The molecular formula is C15H21NO4S. The summed E-state index contributed by atoms with van der Waals surface area (Å²) in [6.07, 6.45) is 1.49. The molecule has 0 aliphatic carbocycles. The number of anilines is 1. The molecule has 0 aromatic heterocycles. The zero-order valence-corrected chi connectivity index (χ0v) is 13.2. The van der Waals surface area contributed by atoms with E-state index in [1.807, 2.05) is 25.1 Å². The van der Waals surface area contributed by atoms with Gasteiger partial charge in [-0.05, 0) is 43.4 Å². The molecule has 21 heavy (non-hydrogen) atoms. The number of sulfone groups is 1. The van der Waals surface area contributed by atoms with Crippen molar-refractivity contribution in [1.29, 1.82) is 0 Å². The number of amides is 1. The van der Waals surface area contributed by atoms with Gasteiger partial charge < -0.3 is 10.1 Å². The van der Waals surface area contributed by atoms with E-state index in [1.54, 1.807) is 7.11 Å². The van der Waals surface area contributed by atoms with Crippen LogP contribution in [0.5, 0.6) is 5.75 Å². The van der Waals surface area contributed by atoms with Gasteiger partial charge in [0.1, 0.15) is 15.6 Å². The van der Waals surface area contributed by atoms with Gasteiger partial charge in [0.25, 0.3) is 0 Å². The fourth-order valence-corrected chi connectivity index (χ4v) is 4.11. The van der Waals surface area contributed by atoms with E-state index in [0.29, 0.717) is 30.7 Å². The second kappa shape index (κ2) is 6.47. The van der Waals surface area contributed by atoms with Crippen molar-refractivity contribution in [1.82, 2.24) is 0 Å². The zero-order chi connectivity index (χ0) is 15.5. The summed E-state index contributed by atoms with van der Waals surface area (Å²) in [5.74, 6) is 1.06. The maximum atomic E-state index is 12.1. The van der Waals surface area contributed by atoms with E-state index in [2.05, 4.69) is 5.32 Å². The summed E-state index contributed by atoms with van der Waals surface area (Å²) in [6.45, 7) is 1.95. The van der Waals surface area contributed by atoms with Gasteiger partial charge in [0.2, 0.25) is 5.91 Å². The highest BCUT2D eigenvalue weighted by atomic mass is 32.2. The van der Waals surface area contributed by atoms with E-state index in [9.17, 15) is 13.2 Å². The molecule has 1 aliphatic heterocycles. The molecule has 0 atom stereocenters. The third-order valence-corrected chi connectivity index (χ3v) is 5.49. The van der Waals surface area contributed by atoms with Crippen molar-refractivity contribution in [3.05, 3.63) is 23.8 Å². The first-order valence-corrected chi connectivity index (χ1v) is 8.86. The van der Waals surface area contributed by atoms with Crippen LogP contribution in [-0.4, -0.2) is 32.9 Å². The minimum Gasteiger partial charge on any atom is -0.495 e. The SMILES string of the molecule is COc1ccc(C)cc1NC(=O)CC1CCS(=O)(=O)CC1. The molecule has 1 heterocycles. The second-order valence-corrected chi connectivity index (χ2v) is 7.85. The molecule has 0 unspecified atom stereocenters. The van der Waals surface area contributed by atoms with Gasteiger partial charge in [0.15, 0.2) is 0 Å². The normalized spacial score (nSPS) is 18.2. The molecule has 1 N–H and O–H groups in total. The fourth-order valence-electron chi connectivity index (χ4n) is 2.53. The summed E-state index contributed by atoms with van der Waals surface area (Å²) in [5, 5.41) is 2.86. The third kappa shape index (κ3) is 4.46. The smallest absolute Gasteiger partial charge is 0.224 e. The summed E-state index contributed by atoms with van der Waals surface area (Å²) >= 11 is 0. The predicted molar refractivity (Wildman–Crippen MR) is 82.4 cm³/mol. The molecule has 0 bridgehead atoms. The summed E-state index contributed by atoms with van der Waals surface area (Å²) in [4.78, 5) is 12.1. The lowest BCUT2D eigenvalue weighted by molar-refractivity contribution is -0.117. The summed E-state index contributed by atoms with van der Waals surface area (Å²) < 4.78 is 28.0. The highest BCUT2D eigenvalue weighted by molar-refractivity contribution is 7.91. The lowest BCUT2D eigenvalue weighted by Gasteiger charge is -2.21. The van der Waals surface area contributed by atoms with Crippen molar-refractivity contribution in [2.45, 2.75) is 26.2 Å². The predicted octanol–water partition coefficient (Wildman–Crippen LogP) is 2.16. The molecule has 6 heteroatoms. The van der Waals surface area contributed by atoms with Crippen LogP contribution in [0.25, 0.3) is 0 Å². The largest absolute Gasteiger partial charge is 0.495 e. The van der Waals surface area contributed by atoms with Crippen molar-refractivity contribution in [2.24, 2.45) is 5.92 Å². The first kappa shape index (κ1) is 15.8. The van der Waals surface area contributed by atoms with Crippen LogP contribution in [0.3, 0.4) is 0 Å². The Labute approximate surface area is 125 Å². The molecule has 1 aromatic carbocycles. The lowest BCUT2D eigenvalue weighted by Crippen LogP contribution is -2.26. The molecule has 1 amide bonds. The molecule has 0 spiro atoms. The van der Waals surface area contributed by atoms with Crippen molar-refractivity contribution < 1.29 is 17.9 Å². The number of rotatable bonds is 4. The molecular weight excluding hydrogens is 290 g/mol. The average Bonchev–Trinajstić information content (AvgIpc) is 2.41. The van der Waals surface area contributed by atoms with E-state index >= 15 is 0 Å². The molecule has 116 valence electrons. The van der Waals surface area contributed by atoms with Gasteiger partial charge in [0, 0.05) is 6.42 Å². The Balaban J connectivity index is 1.95. The standard InChI is InChI=1S/C15H21NO4S/c1-11-3-4-14(20-2)13(9-11)16-15(17)10-12-5-7-21(18,19)8-6-12/h3-4,9,12H,5-8,10H2,1-2H3,(H,16,17). The van der Waals surface area contributed by atoms with Crippen LogP contribution in [0.4, 0.5) is 5.69 Å². The van der Waals surface area contributed by atoms with Crippen LogP contribution >= 0.6 is 0 Å². The van der Waals surface area contributed by atoms with Gasteiger partial charge in [-0.1, -0.05) is 6.07 Å². The molecule has 1 fully saturated rings. The minimum atomic E-state index is -2.88. The van der Waals surface area contributed by atoms with Crippen LogP contribution < -0.4 is 10.1 Å². The number of carbonyl (C=O) groups excluding carboxylic acids is 1. The molecule has 1 aromatic rings. The number of benzene rings is 1. The number of aryl methyl sites for hydroxylation is 1. The zero-order valence-electron chi connectivity index (χ0n) is 12.4. The highest BCUT2D eigenvalue weighted by Gasteiger charge is 2.25. The third-order valence-electron chi connectivity index (χ3n) is 3.78. The van der Waals surface area contributed by atoms with Crippen LogP contribution in [0.2, 0.25) is 0 Å². The summed E-state index contributed by atoms with van der Waals surface area (Å²) in [7, 11) is -1.32. The highest BCUT2D eigenvalue weighted by Crippen LogP contribution is 2.27. The number of nitrogens with one attached hydrogen (secondary N) is 1. The number of methoxy groups -OCH3 is 1. The van der Waals surface area contributed by atoms with E-state index in [1.165, 1.54) is 0 Å². The van der Waals surface area contributed by atoms with E-state index in [4.69, 9.17) is 4.74 Å². The number of carbonyl (C=O) groups is 1. The Morgan fingerprint density at radius 3 is 2.62 bits per heavy atom. The molecule has 1 saturated heterocycles. The van der Waals surface area contributed by atoms with E-state index in [0.717, 1.165) is 5.56 Å². The first-order valence-electron chi connectivity index (χ1n) is 7.04. The number of hydrogen-bond donors (Lipinski definition) is 1. The maximum Gasteiger partial charge on any atom is 0.224 e. The quantitative estimate of drug-likeness (QED) is 0.925. The lowest BCUT2D eigenvalue weighted by atomic mass is 9.98.